The average Bonchev–Trinajstić information content (AvgIpc) is 2.67. The Labute approximate surface area is 161 Å². The minimum Gasteiger partial charge on any atom is -0.497 e. The van der Waals surface area contributed by atoms with Crippen LogP contribution < -0.4 is 15.8 Å². The molecule has 0 atom stereocenters. The lowest BCUT2D eigenvalue weighted by Gasteiger charge is -2.09. The molecule has 0 aliphatic heterocycles. The molecular formula is C20H21BrN4O. The van der Waals surface area contributed by atoms with Crippen LogP contribution >= 0.6 is 15.9 Å². The molecule has 0 fully saturated rings. The second kappa shape index (κ2) is 8.78. The lowest BCUT2D eigenvalue weighted by molar-refractivity contribution is 0.415. The van der Waals surface area contributed by atoms with E-state index in [4.69, 9.17) is 10.5 Å². The number of ether oxygens (including phenoxy) is 1. The lowest BCUT2D eigenvalue weighted by Crippen LogP contribution is -2.10. The topological polar surface area (TPSA) is 73.1 Å². The monoisotopic (exact) mass is 412 g/mol. The zero-order chi connectivity index (χ0) is 18.4. The van der Waals surface area contributed by atoms with Crippen molar-refractivity contribution in [2.45, 2.75) is 6.42 Å². The van der Waals surface area contributed by atoms with Gasteiger partial charge >= 0.3 is 0 Å². The Morgan fingerprint density at radius 2 is 1.92 bits per heavy atom. The number of aromatic nitrogens is 2. The Kier molecular flexibility index (Phi) is 6.20. The Morgan fingerprint density at radius 1 is 1.12 bits per heavy atom. The van der Waals surface area contributed by atoms with Gasteiger partial charge in [-0.05, 0) is 54.9 Å². The molecule has 0 amide bonds. The summed E-state index contributed by atoms with van der Waals surface area (Å²) in [5.41, 5.74) is 7.55. The van der Waals surface area contributed by atoms with Crippen molar-refractivity contribution in [1.82, 2.24) is 9.97 Å². The van der Waals surface area contributed by atoms with Crippen molar-refractivity contribution in [2.24, 2.45) is 5.73 Å². The molecule has 0 saturated heterocycles. The second-order valence-electron chi connectivity index (χ2n) is 5.77. The molecule has 0 unspecified atom stereocenters. The van der Waals surface area contributed by atoms with Gasteiger partial charge in [0.25, 0.3) is 0 Å². The number of nitrogens with one attached hydrogen (secondary N) is 1. The van der Waals surface area contributed by atoms with Crippen LogP contribution in [0.5, 0.6) is 5.75 Å². The van der Waals surface area contributed by atoms with Crippen LogP contribution in [0.1, 0.15) is 17.8 Å². The molecule has 0 spiro atoms. The van der Waals surface area contributed by atoms with Crippen molar-refractivity contribution >= 4 is 44.8 Å². The molecule has 0 aliphatic carbocycles. The Bertz CT molecular complexity index is 910. The third kappa shape index (κ3) is 4.59. The summed E-state index contributed by atoms with van der Waals surface area (Å²) >= 11 is 3.51. The number of nitrogens with two attached hydrogens (primary N) is 1. The van der Waals surface area contributed by atoms with Crippen molar-refractivity contribution in [3.63, 3.8) is 0 Å². The van der Waals surface area contributed by atoms with Crippen molar-refractivity contribution in [3.8, 4) is 5.75 Å². The van der Waals surface area contributed by atoms with Crippen molar-refractivity contribution in [3.05, 3.63) is 58.3 Å². The van der Waals surface area contributed by atoms with Gasteiger partial charge < -0.3 is 15.8 Å². The fourth-order valence-corrected chi connectivity index (χ4v) is 2.88. The van der Waals surface area contributed by atoms with E-state index in [0.717, 1.165) is 45.5 Å². The first kappa shape index (κ1) is 18.4. The highest BCUT2D eigenvalue weighted by atomic mass is 79.9. The Hall–Kier alpha value is -2.44. The predicted molar refractivity (Wildman–Crippen MR) is 111 cm³/mol. The molecule has 0 aliphatic rings. The van der Waals surface area contributed by atoms with E-state index in [9.17, 15) is 0 Å². The maximum Gasteiger partial charge on any atom is 0.154 e. The molecule has 2 aromatic carbocycles. The van der Waals surface area contributed by atoms with Gasteiger partial charge in [0.05, 0.1) is 12.6 Å². The summed E-state index contributed by atoms with van der Waals surface area (Å²) < 4.78 is 6.18. The predicted octanol–water partition coefficient (Wildman–Crippen LogP) is 4.33. The number of anilines is 1. The number of hydrogen-bond acceptors (Lipinski definition) is 5. The van der Waals surface area contributed by atoms with Crippen LogP contribution in [0.15, 0.2) is 46.9 Å². The van der Waals surface area contributed by atoms with Crippen LogP contribution in [0.3, 0.4) is 0 Å². The van der Waals surface area contributed by atoms with Crippen molar-refractivity contribution in [1.29, 1.82) is 0 Å². The lowest BCUT2D eigenvalue weighted by atomic mass is 10.2. The third-order valence-corrected chi connectivity index (χ3v) is 4.38. The van der Waals surface area contributed by atoms with Gasteiger partial charge in [0.1, 0.15) is 11.6 Å². The maximum absolute atomic E-state index is 5.59. The number of methoxy groups -OCH3 is 1. The summed E-state index contributed by atoms with van der Waals surface area (Å²) in [5, 5.41) is 4.35. The van der Waals surface area contributed by atoms with E-state index in [0.29, 0.717) is 12.4 Å². The summed E-state index contributed by atoms with van der Waals surface area (Å²) in [5.74, 6) is 2.31. The molecule has 0 bridgehead atoms. The minimum absolute atomic E-state index is 0.643. The highest BCUT2D eigenvalue weighted by Crippen LogP contribution is 2.25. The molecule has 0 saturated carbocycles. The SMILES string of the molecule is COc1ccc(/C=C/c2nc(NCCCN)c3cc(Br)ccc3n2)cc1. The number of benzene rings is 2. The fourth-order valence-electron chi connectivity index (χ4n) is 2.52. The van der Waals surface area contributed by atoms with E-state index in [-0.39, 0.29) is 0 Å². The summed E-state index contributed by atoms with van der Waals surface area (Å²) in [6.07, 6.45) is 4.79. The zero-order valence-electron chi connectivity index (χ0n) is 14.6. The number of nitrogens with zero attached hydrogens (tertiary/aromatic N) is 2. The van der Waals surface area contributed by atoms with Crippen LogP contribution in [-0.4, -0.2) is 30.2 Å². The molecule has 5 nitrogen and oxygen atoms in total. The largest absolute Gasteiger partial charge is 0.497 e. The average molecular weight is 413 g/mol. The van der Waals surface area contributed by atoms with E-state index in [2.05, 4.69) is 31.2 Å². The molecule has 0 radical (unpaired) electrons. The normalized spacial score (nSPS) is 11.2. The standard InChI is InChI=1S/C20H21BrN4O/c1-26-16-7-3-14(4-8-16)5-10-19-24-18-9-6-15(21)13-17(18)20(25-19)23-12-2-11-22/h3-10,13H,2,11-12,22H2,1H3,(H,23,24,25)/b10-5+. The highest BCUT2D eigenvalue weighted by Gasteiger charge is 2.07. The zero-order valence-corrected chi connectivity index (χ0v) is 16.2. The number of rotatable bonds is 7. The molecule has 6 heteroatoms. The molecule has 1 aromatic heterocycles. The van der Waals surface area contributed by atoms with E-state index in [1.165, 1.54) is 0 Å². The van der Waals surface area contributed by atoms with Gasteiger partial charge in [0.15, 0.2) is 5.82 Å². The smallest absolute Gasteiger partial charge is 0.154 e. The summed E-state index contributed by atoms with van der Waals surface area (Å²) in [6.45, 7) is 1.42. The minimum atomic E-state index is 0.643. The van der Waals surface area contributed by atoms with Gasteiger partial charge in [0.2, 0.25) is 0 Å². The first-order valence-corrected chi connectivity index (χ1v) is 9.22. The Balaban J connectivity index is 1.91. The van der Waals surface area contributed by atoms with Crippen LogP contribution in [0, 0.1) is 0 Å². The van der Waals surface area contributed by atoms with E-state index in [1.54, 1.807) is 7.11 Å². The van der Waals surface area contributed by atoms with Gasteiger partial charge in [-0.15, -0.1) is 0 Å². The van der Waals surface area contributed by atoms with Gasteiger partial charge in [-0.1, -0.05) is 34.1 Å². The first-order chi connectivity index (χ1) is 12.7. The van der Waals surface area contributed by atoms with Gasteiger partial charge in [-0.25, -0.2) is 9.97 Å². The fraction of sp³-hybridized carbons (Fsp3) is 0.200. The van der Waals surface area contributed by atoms with E-state index in [1.807, 2.05) is 54.6 Å². The molecule has 1 heterocycles. The van der Waals surface area contributed by atoms with Crippen molar-refractivity contribution in [2.75, 3.05) is 25.5 Å². The van der Waals surface area contributed by atoms with E-state index >= 15 is 0 Å². The number of fused-ring (bicyclic) bond motifs is 1. The second-order valence-corrected chi connectivity index (χ2v) is 6.68. The number of halogens is 1. The van der Waals surface area contributed by atoms with Gasteiger partial charge in [0, 0.05) is 16.4 Å². The van der Waals surface area contributed by atoms with Crippen molar-refractivity contribution < 1.29 is 4.74 Å². The maximum atomic E-state index is 5.59. The number of hydrogen-bond donors (Lipinski definition) is 2. The molecular weight excluding hydrogens is 392 g/mol. The van der Waals surface area contributed by atoms with Gasteiger partial charge in [-0.2, -0.15) is 0 Å². The summed E-state index contributed by atoms with van der Waals surface area (Å²) in [7, 11) is 1.66. The molecule has 3 rings (SSSR count). The molecule has 26 heavy (non-hydrogen) atoms. The molecule has 3 N–H and O–H groups in total. The molecule has 3 aromatic rings. The quantitative estimate of drug-likeness (QED) is 0.564. The molecule has 134 valence electrons. The Morgan fingerprint density at radius 3 is 2.65 bits per heavy atom. The van der Waals surface area contributed by atoms with E-state index < -0.39 is 0 Å². The van der Waals surface area contributed by atoms with Crippen LogP contribution in [-0.2, 0) is 0 Å². The van der Waals surface area contributed by atoms with Crippen LogP contribution in [0.4, 0.5) is 5.82 Å². The van der Waals surface area contributed by atoms with Crippen LogP contribution in [0.2, 0.25) is 0 Å². The highest BCUT2D eigenvalue weighted by molar-refractivity contribution is 9.10. The van der Waals surface area contributed by atoms with Gasteiger partial charge in [-0.3, -0.25) is 0 Å². The van der Waals surface area contributed by atoms with Crippen LogP contribution in [0.25, 0.3) is 23.1 Å². The first-order valence-electron chi connectivity index (χ1n) is 8.43. The summed E-state index contributed by atoms with van der Waals surface area (Å²) in [4.78, 5) is 9.31. The summed E-state index contributed by atoms with van der Waals surface area (Å²) in [6, 6.07) is 13.8. The third-order valence-electron chi connectivity index (χ3n) is 3.89.